The minimum absolute atomic E-state index is 0.0170. The Bertz CT molecular complexity index is 458. The summed E-state index contributed by atoms with van der Waals surface area (Å²) < 4.78 is 0. The van der Waals surface area contributed by atoms with Crippen LogP contribution in [0, 0.1) is 34.5 Å². The Balaban J connectivity index is 1.62. The topological polar surface area (TPSA) is 37.3 Å². The molecule has 4 fully saturated rings. The van der Waals surface area contributed by atoms with E-state index in [-0.39, 0.29) is 11.5 Å². The molecule has 0 radical (unpaired) electrons. The molecule has 0 unspecified atom stereocenters. The molecule has 0 spiro atoms. The summed E-state index contributed by atoms with van der Waals surface area (Å²) in [4.78, 5) is 12.4. The Labute approximate surface area is 128 Å². The van der Waals surface area contributed by atoms with Gasteiger partial charge in [0.15, 0.2) is 0 Å². The first-order valence-corrected chi connectivity index (χ1v) is 9.15. The van der Waals surface area contributed by atoms with Gasteiger partial charge in [-0.15, -0.1) is 0 Å². The lowest BCUT2D eigenvalue weighted by atomic mass is 9.46. The SMILES string of the molecule is C[C@]12CC[C@@H]3[C@@H](CC[C@]4(C)C(=O)CC[C@@H]34)[C@H]1CC[C@H](O)C2. The molecule has 118 valence electrons. The Morgan fingerprint density at radius 3 is 2.48 bits per heavy atom. The van der Waals surface area contributed by atoms with Crippen LogP contribution in [0.2, 0.25) is 0 Å². The highest BCUT2D eigenvalue weighted by molar-refractivity contribution is 5.87. The van der Waals surface area contributed by atoms with Crippen LogP contribution in [0.4, 0.5) is 0 Å². The summed E-state index contributed by atoms with van der Waals surface area (Å²) in [6.07, 6.45) is 10.1. The minimum atomic E-state index is -0.0651. The van der Waals surface area contributed by atoms with Crippen molar-refractivity contribution in [2.45, 2.75) is 77.7 Å². The zero-order valence-electron chi connectivity index (χ0n) is 13.6. The zero-order chi connectivity index (χ0) is 14.8. The fourth-order valence-electron chi connectivity index (χ4n) is 7.03. The van der Waals surface area contributed by atoms with Gasteiger partial charge in [0.1, 0.15) is 5.78 Å². The zero-order valence-corrected chi connectivity index (χ0v) is 13.6. The maximum atomic E-state index is 12.4. The van der Waals surface area contributed by atoms with Gasteiger partial charge in [-0.25, -0.2) is 0 Å². The van der Waals surface area contributed by atoms with E-state index in [9.17, 15) is 9.90 Å². The highest BCUT2D eigenvalue weighted by atomic mass is 16.3. The van der Waals surface area contributed by atoms with Crippen molar-refractivity contribution in [3.8, 4) is 0 Å². The monoisotopic (exact) mass is 290 g/mol. The molecule has 4 saturated carbocycles. The smallest absolute Gasteiger partial charge is 0.139 e. The molecular formula is C19H30O2. The number of carbonyl (C=O) groups excluding carboxylic acids is 1. The molecule has 0 aromatic rings. The van der Waals surface area contributed by atoms with Crippen molar-refractivity contribution in [3.63, 3.8) is 0 Å². The van der Waals surface area contributed by atoms with E-state index in [0.717, 1.165) is 49.9 Å². The summed E-state index contributed by atoms with van der Waals surface area (Å²) in [6.45, 7) is 4.70. The predicted molar refractivity (Wildman–Crippen MR) is 82.7 cm³/mol. The minimum Gasteiger partial charge on any atom is -0.393 e. The van der Waals surface area contributed by atoms with Crippen molar-refractivity contribution >= 4 is 5.78 Å². The Hall–Kier alpha value is -0.370. The van der Waals surface area contributed by atoms with Gasteiger partial charge in [0.2, 0.25) is 0 Å². The van der Waals surface area contributed by atoms with Gasteiger partial charge in [-0.3, -0.25) is 4.79 Å². The van der Waals surface area contributed by atoms with E-state index < -0.39 is 0 Å². The van der Waals surface area contributed by atoms with Gasteiger partial charge in [0.25, 0.3) is 0 Å². The van der Waals surface area contributed by atoms with E-state index in [1.807, 2.05) is 0 Å². The molecule has 21 heavy (non-hydrogen) atoms. The van der Waals surface area contributed by atoms with Crippen LogP contribution in [0.5, 0.6) is 0 Å². The van der Waals surface area contributed by atoms with Gasteiger partial charge in [-0.05, 0) is 80.5 Å². The van der Waals surface area contributed by atoms with E-state index in [0.29, 0.717) is 17.1 Å². The van der Waals surface area contributed by atoms with Crippen LogP contribution in [0.3, 0.4) is 0 Å². The highest BCUT2D eigenvalue weighted by Crippen LogP contribution is 2.64. The number of fused-ring (bicyclic) bond motifs is 5. The van der Waals surface area contributed by atoms with E-state index in [2.05, 4.69) is 13.8 Å². The number of rotatable bonds is 0. The summed E-state index contributed by atoms with van der Waals surface area (Å²) in [5.41, 5.74) is 0.387. The van der Waals surface area contributed by atoms with Crippen LogP contribution < -0.4 is 0 Å². The average molecular weight is 290 g/mol. The summed E-state index contributed by atoms with van der Waals surface area (Å²) >= 11 is 0. The maximum Gasteiger partial charge on any atom is 0.139 e. The summed E-state index contributed by atoms with van der Waals surface area (Å²) in [5.74, 6) is 3.65. The van der Waals surface area contributed by atoms with Crippen molar-refractivity contribution in [3.05, 3.63) is 0 Å². The second-order valence-electron chi connectivity index (χ2n) is 9.09. The van der Waals surface area contributed by atoms with Crippen LogP contribution in [-0.2, 0) is 4.79 Å². The molecule has 0 aromatic carbocycles. The molecule has 2 nitrogen and oxygen atoms in total. The molecule has 0 saturated heterocycles. The number of aliphatic hydroxyl groups excluding tert-OH is 1. The highest BCUT2D eigenvalue weighted by Gasteiger charge is 2.58. The number of aliphatic hydroxyl groups is 1. The molecule has 0 amide bonds. The molecule has 4 aliphatic rings. The summed E-state index contributed by atoms with van der Waals surface area (Å²) in [6, 6.07) is 0. The predicted octanol–water partition coefficient (Wildman–Crippen LogP) is 3.96. The van der Waals surface area contributed by atoms with Crippen LogP contribution in [-0.4, -0.2) is 17.0 Å². The van der Waals surface area contributed by atoms with E-state index in [4.69, 9.17) is 0 Å². The molecular weight excluding hydrogens is 260 g/mol. The van der Waals surface area contributed by atoms with Gasteiger partial charge < -0.3 is 5.11 Å². The Kier molecular flexibility index (Phi) is 3.10. The van der Waals surface area contributed by atoms with Gasteiger partial charge in [0.05, 0.1) is 6.10 Å². The lowest BCUT2D eigenvalue weighted by Crippen LogP contribution is -2.52. The number of carbonyl (C=O) groups is 1. The maximum absolute atomic E-state index is 12.4. The molecule has 0 aromatic heterocycles. The number of hydrogen-bond donors (Lipinski definition) is 1. The molecule has 4 rings (SSSR count). The molecule has 0 bridgehead atoms. The van der Waals surface area contributed by atoms with E-state index in [1.54, 1.807) is 0 Å². The molecule has 7 atom stereocenters. The van der Waals surface area contributed by atoms with Gasteiger partial charge in [-0.2, -0.15) is 0 Å². The Morgan fingerprint density at radius 2 is 1.67 bits per heavy atom. The first-order chi connectivity index (χ1) is 9.94. The molecule has 0 heterocycles. The fourth-order valence-corrected chi connectivity index (χ4v) is 7.03. The second-order valence-corrected chi connectivity index (χ2v) is 9.09. The number of ketones is 1. The molecule has 1 N–H and O–H groups in total. The van der Waals surface area contributed by atoms with Crippen LogP contribution >= 0.6 is 0 Å². The number of Topliss-reactive ketones (excluding diaryl/α,β-unsaturated/α-hetero) is 1. The third-order valence-electron chi connectivity index (χ3n) is 8.18. The van der Waals surface area contributed by atoms with Gasteiger partial charge in [0, 0.05) is 11.8 Å². The van der Waals surface area contributed by atoms with Gasteiger partial charge >= 0.3 is 0 Å². The first kappa shape index (κ1) is 14.2. The van der Waals surface area contributed by atoms with Crippen molar-refractivity contribution in [2.24, 2.45) is 34.5 Å². The van der Waals surface area contributed by atoms with E-state index in [1.165, 1.54) is 25.7 Å². The third kappa shape index (κ3) is 1.90. The van der Waals surface area contributed by atoms with Crippen LogP contribution in [0.25, 0.3) is 0 Å². The van der Waals surface area contributed by atoms with Crippen molar-refractivity contribution in [1.82, 2.24) is 0 Å². The van der Waals surface area contributed by atoms with E-state index >= 15 is 0 Å². The lowest BCUT2D eigenvalue weighted by molar-refractivity contribution is -0.138. The largest absolute Gasteiger partial charge is 0.393 e. The van der Waals surface area contributed by atoms with Gasteiger partial charge in [-0.1, -0.05) is 13.8 Å². The Morgan fingerprint density at radius 1 is 0.952 bits per heavy atom. The second kappa shape index (κ2) is 4.57. The molecule has 0 aliphatic heterocycles. The summed E-state index contributed by atoms with van der Waals surface area (Å²) in [5, 5.41) is 10.1. The standard InChI is InChI=1S/C19H30O2/c1-18-9-7-14-13(15(18)4-3-12(20)11-18)8-10-19(2)16(14)5-6-17(19)21/h12-16,20H,3-11H2,1-2H3/t12-,13+,14+,15+,16-,18+,19-/m0/s1. The van der Waals surface area contributed by atoms with Crippen LogP contribution in [0.15, 0.2) is 0 Å². The lowest BCUT2D eigenvalue weighted by Gasteiger charge is -2.58. The van der Waals surface area contributed by atoms with Crippen molar-refractivity contribution < 1.29 is 9.90 Å². The first-order valence-electron chi connectivity index (χ1n) is 9.15. The fraction of sp³-hybridized carbons (Fsp3) is 0.947. The van der Waals surface area contributed by atoms with Crippen molar-refractivity contribution in [1.29, 1.82) is 0 Å². The third-order valence-corrected chi connectivity index (χ3v) is 8.18. The summed E-state index contributed by atoms with van der Waals surface area (Å²) in [7, 11) is 0. The molecule has 2 heteroatoms. The average Bonchev–Trinajstić information content (AvgIpc) is 2.73. The van der Waals surface area contributed by atoms with Crippen LogP contribution in [0.1, 0.15) is 71.6 Å². The number of hydrogen-bond acceptors (Lipinski definition) is 2. The van der Waals surface area contributed by atoms with Crippen molar-refractivity contribution in [2.75, 3.05) is 0 Å². The normalized spacial score (nSPS) is 56.5. The molecule has 4 aliphatic carbocycles. The quantitative estimate of drug-likeness (QED) is 0.733.